The minimum Gasteiger partial charge on any atom is -0.344 e. The Labute approximate surface area is 161 Å². The molecule has 0 aliphatic rings. The highest BCUT2D eigenvalue weighted by Crippen LogP contribution is 2.25. The fourth-order valence-corrected chi connectivity index (χ4v) is 3.68. The summed E-state index contributed by atoms with van der Waals surface area (Å²) in [6.07, 6.45) is 23.3. The van der Waals surface area contributed by atoms with Crippen LogP contribution in [0.25, 0.3) is 0 Å². The van der Waals surface area contributed by atoms with E-state index in [1.807, 2.05) is 0 Å². The van der Waals surface area contributed by atoms with Gasteiger partial charge in [-0.05, 0) is 18.8 Å². The number of unbranched alkanes of at least 4 members (excludes halogenated alkanes) is 10. The molecule has 142 valence electrons. The highest BCUT2D eigenvalue weighted by molar-refractivity contribution is 14.1. The Balaban J connectivity index is 0. The summed E-state index contributed by atoms with van der Waals surface area (Å²) in [5.74, 6) is 1.02. The predicted octanol–water partition coefficient (Wildman–Crippen LogP) is 8.87. The van der Waals surface area contributed by atoms with Gasteiger partial charge in [-0.25, -0.2) is 0 Å². The molecule has 0 aromatic carbocycles. The second-order valence-electron chi connectivity index (χ2n) is 7.34. The molecule has 0 saturated heterocycles. The molecule has 0 bridgehead atoms. The predicted molar refractivity (Wildman–Crippen MR) is 117 cm³/mol. The molecule has 2 heteroatoms. The third-order valence-electron chi connectivity index (χ3n) is 4.90. The molecule has 0 radical (unpaired) electrons. The highest BCUT2D eigenvalue weighted by Gasteiger charge is 2.10. The minimum absolute atomic E-state index is 0. The van der Waals surface area contributed by atoms with E-state index in [1.54, 1.807) is 0 Å². The Kier molecular flexibility index (Phi) is 23.4. The van der Waals surface area contributed by atoms with Crippen molar-refractivity contribution in [3.63, 3.8) is 0 Å². The normalized spacial score (nSPS) is 12.4. The minimum atomic E-state index is 0. The molecule has 3 N–H and O–H groups in total. The van der Waals surface area contributed by atoms with Crippen molar-refractivity contribution in [2.24, 2.45) is 5.92 Å². The van der Waals surface area contributed by atoms with Crippen LogP contribution < -0.4 is 6.15 Å². The third kappa shape index (κ3) is 20.6. The van der Waals surface area contributed by atoms with Gasteiger partial charge in [0.25, 0.3) is 0 Å². The third-order valence-corrected chi connectivity index (χ3v) is 5.53. The molecule has 0 aromatic heterocycles. The van der Waals surface area contributed by atoms with Crippen molar-refractivity contribution in [3.05, 3.63) is 0 Å². The van der Waals surface area contributed by atoms with Crippen molar-refractivity contribution in [3.8, 4) is 0 Å². The fourth-order valence-electron chi connectivity index (χ4n) is 3.33. The van der Waals surface area contributed by atoms with E-state index in [0.717, 1.165) is 9.84 Å². The van der Waals surface area contributed by atoms with E-state index in [0.29, 0.717) is 0 Å². The number of hydrogen-bond acceptors (Lipinski definition) is 1. The van der Waals surface area contributed by atoms with E-state index in [-0.39, 0.29) is 6.15 Å². The summed E-state index contributed by atoms with van der Waals surface area (Å²) in [6, 6.07) is 0. The summed E-state index contributed by atoms with van der Waals surface area (Å²) >= 11 is 2.60. The van der Waals surface area contributed by atoms with Gasteiger partial charge in [-0.2, -0.15) is 0 Å². The van der Waals surface area contributed by atoms with E-state index >= 15 is 0 Å². The molecule has 1 unspecified atom stereocenters. The van der Waals surface area contributed by atoms with Crippen LogP contribution in [0.4, 0.5) is 0 Å². The van der Waals surface area contributed by atoms with Crippen LogP contribution in [0, 0.1) is 5.92 Å². The summed E-state index contributed by atoms with van der Waals surface area (Å²) in [7, 11) is 0. The fraction of sp³-hybridized carbons (Fsp3) is 1.00. The highest BCUT2D eigenvalue weighted by atomic mass is 127. The van der Waals surface area contributed by atoms with Crippen LogP contribution in [0.5, 0.6) is 0 Å². The van der Waals surface area contributed by atoms with Crippen LogP contribution >= 0.6 is 22.6 Å². The molecule has 0 heterocycles. The number of alkyl halides is 1. The maximum atomic E-state index is 2.60. The van der Waals surface area contributed by atoms with Crippen molar-refractivity contribution >= 4 is 22.6 Å². The van der Waals surface area contributed by atoms with Crippen molar-refractivity contribution in [1.82, 2.24) is 6.15 Å². The van der Waals surface area contributed by atoms with Crippen molar-refractivity contribution < 1.29 is 0 Å². The van der Waals surface area contributed by atoms with Gasteiger partial charge in [0.2, 0.25) is 0 Å². The van der Waals surface area contributed by atoms with Crippen LogP contribution in [-0.4, -0.2) is 3.92 Å². The number of hydrogen-bond donors (Lipinski definition) is 1. The average Bonchev–Trinajstić information content (AvgIpc) is 2.50. The van der Waals surface area contributed by atoms with Gasteiger partial charge in [0.1, 0.15) is 0 Å². The Morgan fingerprint density at radius 2 is 0.957 bits per heavy atom. The molecule has 0 spiro atoms. The lowest BCUT2D eigenvalue weighted by molar-refractivity contribution is 0.373. The summed E-state index contributed by atoms with van der Waals surface area (Å²) in [5.41, 5.74) is 0. The van der Waals surface area contributed by atoms with Gasteiger partial charge in [0.15, 0.2) is 0 Å². The van der Waals surface area contributed by atoms with Gasteiger partial charge in [0.05, 0.1) is 0 Å². The smallest absolute Gasteiger partial charge is 0.00814 e. The Morgan fingerprint density at radius 1 is 0.565 bits per heavy atom. The molecular weight excluding hydrogens is 393 g/mol. The van der Waals surface area contributed by atoms with Crippen LogP contribution in [0.3, 0.4) is 0 Å². The summed E-state index contributed by atoms with van der Waals surface area (Å²) in [4.78, 5) is 0. The number of rotatable bonds is 17. The molecule has 1 atom stereocenters. The lowest BCUT2D eigenvalue weighted by atomic mass is 9.90. The number of halogens is 1. The average molecular weight is 440 g/mol. The molecular formula is C21H46IN. The standard InChI is InChI=1S/C21H43I.H3N/c1-4-6-8-10-12-14-16-21(19-18-20(3)22)17-15-13-11-9-7-5-2;/h20-21H,4-19H2,1-3H3;1H3. The Hall–Kier alpha value is 0.690. The maximum absolute atomic E-state index is 2.60. The van der Waals surface area contributed by atoms with E-state index in [9.17, 15) is 0 Å². The molecule has 0 amide bonds. The summed E-state index contributed by atoms with van der Waals surface area (Å²) in [6.45, 7) is 6.98. The molecule has 0 aromatic rings. The van der Waals surface area contributed by atoms with Gasteiger partial charge in [0, 0.05) is 3.92 Å². The zero-order chi connectivity index (χ0) is 16.5. The van der Waals surface area contributed by atoms with Crippen LogP contribution in [-0.2, 0) is 0 Å². The monoisotopic (exact) mass is 439 g/mol. The first-order valence-corrected chi connectivity index (χ1v) is 11.6. The molecule has 0 fully saturated rings. The molecule has 0 aliphatic heterocycles. The van der Waals surface area contributed by atoms with Gasteiger partial charge in [-0.15, -0.1) is 0 Å². The lowest BCUT2D eigenvalue weighted by Crippen LogP contribution is -2.04. The quantitative estimate of drug-likeness (QED) is 0.137. The molecule has 0 saturated carbocycles. The van der Waals surface area contributed by atoms with E-state index < -0.39 is 0 Å². The topological polar surface area (TPSA) is 35.0 Å². The molecule has 23 heavy (non-hydrogen) atoms. The van der Waals surface area contributed by atoms with Crippen molar-refractivity contribution in [2.45, 2.75) is 127 Å². The van der Waals surface area contributed by atoms with Crippen molar-refractivity contribution in [1.29, 1.82) is 0 Å². The SMILES string of the molecule is CCCCCCCCC(CCCCCCCC)CCC(C)I.N. The Morgan fingerprint density at radius 3 is 1.35 bits per heavy atom. The van der Waals surface area contributed by atoms with Gasteiger partial charge in [-0.1, -0.05) is 133 Å². The Bertz CT molecular complexity index is 190. The van der Waals surface area contributed by atoms with Crippen LogP contribution in [0.1, 0.15) is 124 Å². The first-order chi connectivity index (χ1) is 10.7. The second kappa shape index (κ2) is 20.7. The van der Waals surface area contributed by atoms with Crippen molar-refractivity contribution in [2.75, 3.05) is 0 Å². The summed E-state index contributed by atoms with van der Waals surface area (Å²) in [5, 5.41) is 0. The zero-order valence-corrected chi connectivity index (χ0v) is 18.7. The van der Waals surface area contributed by atoms with Crippen LogP contribution in [0.15, 0.2) is 0 Å². The lowest BCUT2D eigenvalue weighted by Gasteiger charge is -2.17. The molecule has 1 nitrogen and oxygen atoms in total. The first-order valence-electron chi connectivity index (χ1n) is 10.3. The van der Waals surface area contributed by atoms with E-state index in [4.69, 9.17) is 0 Å². The van der Waals surface area contributed by atoms with Gasteiger partial charge in [-0.3, -0.25) is 0 Å². The molecule has 0 rings (SSSR count). The van der Waals surface area contributed by atoms with Gasteiger partial charge >= 0.3 is 0 Å². The largest absolute Gasteiger partial charge is 0.344 e. The molecule has 0 aliphatic carbocycles. The summed E-state index contributed by atoms with van der Waals surface area (Å²) < 4.78 is 0.856. The van der Waals surface area contributed by atoms with Crippen LogP contribution in [0.2, 0.25) is 0 Å². The second-order valence-corrected chi connectivity index (χ2v) is 9.46. The van der Waals surface area contributed by atoms with E-state index in [2.05, 4.69) is 43.4 Å². The first kappa shape index (κ1) is 25.9. The van der Waals surface area contributed by atoms with E-state index in [1.165, 1.54) is 103 Å². The maximum Gasteiger partial charge on any atom is 0.00814 e. The zero-order valence-electron chi connectivity index (χ0n) is 16.6. The van der Waals surface area contributed by atoms with Gasteiger partial charge < -0.3 is 6.15 Å².